The fourth-order valence-electron chi connectivity index (χ4n) is 3.80. The second-order valence-electron chi connectivity index (χ2n) is 7.11. The lowest BCUT2D eigenvalue weighted by molar-refractivity contribution is -0.122. The van der Waals surface area contributed by atoms with Gasteiger partial charge in [0.1, 0.15) is 0 Å². The Kier molecular flexibility index (Phi) is 5.40. The highest BCUT2D eigenvalue weighted by Gasteiger charge is 2.34. The molecular formula is C23H21BrN2O2S. The van der Waals surface area contributed by atoms with E-state index in [1.807, 2.05) is 32.1 Å². The standard InChI is InChI=1S/C23H21BrN2O2S/c1-4-11-25-22(27)21(29-23(25)28)13-16-12-14(2)26(15(16)3)20-10-9-19(24)17-7-5-6-8-18(17)20/h5-10,12-13H,4,11H2,1-3H3/b21-13-. The van der Waals surface area contributed by atoms with Gasteiger partial charge in [-0.3, -0.25) is 14.5 Å². The predicted octanol–water partition coefficient (Wildman–Crippen LogP) is 6.46. The van der Waals surface area contributed by atoms with Crippen molar-refractivity contribution in [1.29, 1.82) is 0 Å². The number of fused-ring (bicyclic) bond motifs is 1. The second kappa shape index (κ2) is 7.84. The Labute approximate surface area is 182 Å². The molecule has 3 aromatic rings. The van der Waals surface area contributed by atoms with Gasteiger partial charge in [-0.15, -0.1) is 0 Å². The van der Waals surface area contributed by atoms with Gasteiger partial charge in [0, 0.05) is 27.8 Å². The first-order valence-electron chi connectivity index (χ1n) is 9.54. The lowest BCUT2D eigenvalue weighted by Crippen LogP contribution is -2.28. The van der Waals surface area contributed by atoms with E-state index in [2.05, 4.69) is 57.8 Å². The van der Waals surface area contributed by atoms with Gasteiger partial charge in [0.15, 0.2) is 0 Å². The first-order chi connectivity index (χ1) is 13.9. The molecule has 148 valence electrons. The number of amides is 2. The summed E-state index contributed by atoms with van der Waals surface area (Å²) in [4.78, 5) is 26.6. The molecule has 2 aromatic carbocycles. The third kappa shape index (κ3) is 3.45. The van der Waals surface area contributed by atoms with Crippen LogP contribution in [0.15, 0.2) is 51.8 Å². The predicted molar refractivity (Wildman–Crippen MR) is 123 cm³/mol. The number of hydrogen-bond acceptors (Lipinski definition) is 3. The molecule has 0 N–H and O–H groups in total. The lowest BCUT2D eigenvalue weighted by Gasteiger charge is -2.14. The molecule has 1 fully saturated rings. The molecule has 29 heavy (non-hydrogen) atoms. The third-order valence-corrected chi connectivity index (χ3v) is 6.77. The minimum Gasteiger partial charge on any atom is -0.317 e. The molecule has 4 rings (SSSR count). The molecule has 1 aromatic heterocycles. The largest absolute Gasteiger partial charge is 0.317 e. The van der Waals surface area contributed by atoms with Crippen molar-refractivity contribution >= 4 is 55.7 Å². The molecule has 0 aliphatic carbocycles. The summed E-state index contributed by atoms with van der Waals surface area (Å²) in [6.45, 7) is 6.53. The van der Waals surface area contributed by atoms with Gasteiger partial charge in [0.05, 0.1) is 10.6 Å². The molecule has 0 spiro atoms. The minimum absolute atomic E-state index is 0.184. The van der Waals surface area contributed by atoms with Crippen molar-refractivity contribution in [2.24, 2.45) is 0 Å². The number of nitrogens with zero attached hydrogens (tertiary/aromatic N) is 2. The Bertz CT molecular complexity index is 1180. The van der Waals surface area contributed by atoms with Gasteiger partial charge >= 0.3 is 0 Å². The molecule has 2 heterocycles. The van der Waals surface area contributed by atoms with Gasteiger partial charge in [-0.1, -0.05) is 47.1 Å². The molecular weight excluding hydrogens is 448 g/mol. The highest BCUT2D eigenvalue weighted by atomic mass is 79.9. The van der Waals surface area contributed by atoms with E-state index in [0.29, 0.717) is 11.4 Å². The van der Waals surface area contributed by atoms with Crippen molar-refractivity contribution in [3.63, 3.8) is 0 Å². The van der Waals surface area contributed by atoms with E-state index in [1.165, 1.54) is 4.90 Å². The number of carbonyl (C=O) groups excluding carboxylic acids is 2. The molecule has 0 bridgehead atoms. The Balaban J connectivity index is 1.81. The maximum absolute atomic E-state index is 12.6. The van der Waals surface area contributed by atoms with Crippen molar-refractivity contribution in [2.45, 2.75) is 27.2 Å². The van der Waals surface area contributed by atoms with Crippen LogP contribution in [0.4, 0.5) is 4.79 Å². The Morgan fingerprint density at radius 1 is 1.07 bits per heavy atom. The third-order valence-electron chi connectivity index (χ3n) is 5.17. The number of aryl methyl sites for hydroxylation is 1. The van der Waals surface area contributed by atoms with E-state index in [0.717, 1.165) is 56.1 Å². The number of aromatic nitrogens is 1. The minimum atomic E-state index is -0.194. The van der Waals surface area contributed by atoms with Crippen LogP contribution in [0, 0.1) is 13.8 Å². The highest BCUT2D eigenvalue weighted by molar-refractivity contribution is 9.10. The van der Waals surface area contributed by atoms with Crippen LogP contribution in [0.1, 0.15) is 30.3 Å². The molecule has 6 heteroatoms. The van der Waals surface area contributed by atoms with Crippen molar-refractivity contribution < 1.29 is 9.59 Å². The van der Waals surface area contributed by atoms with Crippen molar-refractivity contribution in [3.05, 3.63) is 68.8 Å². The van der Waals surface area contributed by atoms with Crippen LogP contribution in [0.5, 0.6) is 0 Å². The van der Waals surface area contributed by atoms with Crippen LogP contribution < -0.4 is 0 Å². The summed E-state index contributed by atoms with van der Waals surface area (Å²) in [6, 6.07) is 14.5. The molecule has 0 unspecified atom stereocenters. The monoisotopic (exact) mass is 468 g/mol. The molecule has 1 aliphatic rings. The average molecular weight is 469 g/mol. The number of imide groups is 1. The summed E-state index contributed by atoms with van der Waals surface area (Å²) in [6.07, 6.45) is 2.61. The van der Waals surface area contributed by atoms with Crippen molar-refractivity contribution in [2.75, 3.05) is 6.54 Å². The van der Waals surface area contributed by atoms with E-state index in [9.17, 15) is 9.59 Å². The molecule has 1 saturated heterocycles. The van der Waals surface area contributed by atoms with Crippen LogP contribution in [-0.4, -0.2) is 27.2 Å². The van der Waals surface area contributed by atoms with Gasteiger partial charge in [-0.25, -0.2) is 0 Å². The van der Waals surface area contributed by atoms with Gasteiger partial charge in [0.25, 0.3) is 11.1 Å². The van der Waals surface area contributed by atoms with Crippen LogP contribution in [0.2, 0.25) is 0 Å². The Hall–Kier alpha value is -2.31. The SMILES string of the molecule is CCCN1C(=O)S/C(=C\c2cc(C)n(-c3ccc(Br)c4ccccc34)c2C)C1=O. The lowest BCUT2D eigenvalue weighted by atomic mass is 10.1. The smallest absolute Gasteiger partial charge is 0.293 e. The zero-order valence-corrected chi connectivity index (χ0v) is 18.9. The van der Waals surface area contributed by atoms with E-state index in [-0.39, 0.29) is 11.1 Å². The summed E-state index contributed by atoms with van der Waals surface area (Å²) < 4.78 is 3.26. The number of rotatable bonds is 4. The average Bonchev–Trinajstić information content (AvgIpc) is 3.13. The Morgan fingerprint density at radius 2 is 1.79 bits per heavy atom. The summed E-state index contributed by atoms with van der Waals surface area (Å²) >= 11 is 4.66. The zero-order chi connectivity index (χ0) is 20.7. The first kappa shape index (κ1) is 20.0. The number of hydrogen-bond donors (Lipinski definition) is 0. The fraction of sp³-hybridized carbons (Fsp3) is 0.217. The zero-order valence-electron chi connectivity index (χ0n) is 16.5. The van der Waals surface area contributed by atoms with E-state index >= 15 is 0 Å². The number of thioether (sulfide) groups is 1. The molecule has 0 saturated carbocycles. The summed E-state index contributed by atoms with van der Waals surface area (Å²) in [5.74, 6) is -0.194. The molecule has 2 amide bonds. The van der Waals surface area contributed by atoms with Crippen LogP contribution in [-0.2, 0) is 4.79 Å². The second-order valence-corrected chi connectivity index (χ2v) is 8.95. The normalized spacial score (nSPS) is 15.9. The van der Waals surface area contributed by atoms with Crippen molar-refractivity contribution in [1.82, 2.24) is 9.47 Å². The molecule has 0 radical (unpaired) electrons. The summed E-state index contributed by atoms with van der Waals surface area (Å²) in [5.41, 5.74) is 4.17. The van der Waals surface area contributed by atoms with E-state index in [4.69, 9.17) is 0 Å². The number of carbonyl (C=O) groups is 2. The maximum atomic E-state index is 12.6. The molecule has 1 aliphatic heterocycles. The van der Waals surface area contributed by atoms with Crippen LogP contribution in [0.25, 0.3) is 22.5 Å². The van der Waals surface area contributed by atoms with Gasteiger partial charge < -0.3 is 4.57 Å². The quantitative estimate of drug-likeness (QED) is 0.412. The van der Waals surface area contributed by atoms with Gasteiger partial charge in [-0.05, 0) is 67.3 Å². The molecule has 0 atom stereocenters. The van der Waals surface area contributed by atoms with Crippen LogP contribution >= 0.6 is 27.7 Å². The topological polar surface area (TPSA) is 42.3 Å². The number of benzene rings is 2. The van der Waals surface area contributed by atoms with Crippen molar-refractivity contribution in [3.8, 4) is 5.69 Å². The molecule has 4 nitrogen and oxygen atoms in total. The van der Waals surface area contributed by atoms with E-state index in [1.54, 1.807) is 0 Å². The van der Waals surface area contributed by atoms with Gasteiger partial charge in [-0.2, -0.15) is 0 Å². The highest BCUT2D eigenvalue weighted by Crippen LogP contribution is 2.35. The Morgan fingerprint density at radius 3 is 2.52 bits per heavy atom. The first-order valence-corrected chi connectivity index (χ1v) is 11.1. The van der Waals surface area contributed by atoms with Crippen LogP contribution in [0.3, 0.4) is 0 Å². The fourth-order valence-corrected chi connectivity index (χ4v) is 5.14. The van der Waals surface area contributed by atoms with E-state index < -0.39 is 0 Å². The summed E-state index contributed by atoms with van der Waals surface area (Å²) in [5, 5.41) is 2.12. The summed E-state index contributed by atoms with van der Waals surface area (Å²) in [7, 11) is 0. The maximum Gasteiger partial charge on any atom is 0.293 e. The van der Waals surface area contributed by atoms with Gasteiger partial charge in [0.2, 0.25) is 0 Å². The number of halogens is 1.